The lowest BCUT2D eigenvalue weighted by Crippen LogP contribution is -2.58. The highest BCUT2D eigenvalue weighted by Crippen LogP contribution is 2.21. The number of aliphatic carboxylic acids is 1. The fourth-order valence-corrected chi connectivity index (χ4v) is 5.26. The molecule has 0 spiro atoms. The topological polar surface area (TPSA) is 225 Å². The van der Waals surface area contributed by atoms with Gasteiger partial charge in [0.1, 0.15) is 18.1 Å². The van der Waals surface area contributed by atoms with E-state index in [1.165, 1.54) is 0 Å². The van der Waals surface area contributed by atoms with Crippen LogP contribution in [0.15, 0.2) is 60.9 Å². The second-order valence-electron chi connectivity index (χ2n) is 11.2. The number of rotatable bonds is 15. The predicted octanol–water partition coefficient (Wildman–Crippen LogP) is 1.22. The van der Waals surface area contributed by atoms with Crippen LogP contribution < -0.4 is 27.4 Å². The van der Waals surface area contributed by atoms with Gasteiger partial charge in [0.05, 0.1) is 12.5 Å². The maximum Gasteiger partial charge on any atom is 0.326 e. The monoisotopic (exact) mass is 617 g/mol. The van der Waals surface area contributed by atoms with Gasteiger partial charge in [-0.25, -0.2) is 4.79 Å². The Kier molecular flexibility index (Phi) is 10.6. The van der Waals surface area contributed by atoms with E-state index in [1.807, 2.05) is 48.5 Å². The number of carbonyl (C=O) groups is 5. The van der Waals surface area contributed by atoms with Crippen molar-refractivity contribution in [1.82, 2.24) is 25.9 Å². The average molecular weight is 618 g/mol. The highest BCUT2D eigenvalue weighted by atomic mass is 16.4. The number of benzene rings is 2. The molecule has 0 saturated carbocycles. The first kappa shape index (κ1) is 32.7. The lowest BCUT2D eigenvalue weighted by Gasteiger charge is -2.26. The second-order valence-corrected chi connectivity index (χ2v) is 11.2. The number of primary amides is 1. The van der Waals surface area contributed by atoms with Crippen molar-refractivity contribution in [1.29, 1.82) is 0 Å². The van der Waals surface area contributed by atoms with Gasteiger partial charge in [-0.2, -0.15) is 0 Å². The number of aromatic nitrogens is 2. The zero-order valence-corrected chi connectivity index (χ0v) is 25.1. The Balaban J connectivity index is 1.56. The van der Waals surface area contributed by atoms with E-state index in [1.54, 1.807) is 26.2 Å². The Morgan fingerprint density at radius 3 is 1.82 bits per heavy atom. The Labute approximate surface area is 259 Å². The number of hydrogen-bond acceptors (Lipinski definition) is 6. The number of H-pyrrole nitrogens is 2. The van der Waals surface area contributed by atoms with Crippen LogP contribution in [0.4, 0.5) is 0 Å². The van der Waals surface area contributed by atoms with E-state index in [0.29, 0.717) is 6.42 Å². The molecule has 0 bridgehead atoms. The maximum atomic E-state index is 13.7. The molecule has 4 aromatic rings. The molecule has 2 heterocycles. The van der Waals surface area contributed by atoms with Crippen molar-refractivity contribution in [3.63, 3.8) is 0 Å². The van der Waals surface area contributed by atoms with Gasteiger partial charge >= 0.3 is 5.97 Å². The lowest BCUT2D eigenvalue weighted by atomic mass is 9.98. The van der Waals surface area contributed by atoms with Gasteiger partial charge in [-0.1, -0.05) is 56.7 Å². The number of carbonyl (C=O) groups excluding carboxylic acids is 4. The molecule has 4 rings (SSSR count). The molecule has 0 aliphatic heterocycles. The Hall–Kier alpha value is -5.17. The van der Waals surface area contributed by atoms with Crippen LogP contribution in [0.3, 0.4) is 0 Å². The molecule has 0 aliphatic rings. The highest BCUT2D eigenvalue weighted by molar-refractivity contribution is 5.97. The molecule has 238 valence electrons. The number of nitrogens with two attached hydrogens (primary N) is 2. The molecule has 2 aromatic heterocycles. The standard InChI is InChI=1S/C32H39N7O6/c1-3-17(2)28(32(44)45)39-31(43)26(14-27(34)40)38-30(42)25(13-19-16-36-24-11-7-5-9-21(19)24)37-29(41)22(33)12-18-15-35-23-10-6-4-8-20(18)23/h4-11,15-17,22,25-26,28,35-36H,3,12-14,33H2,1-2H3,(H2,34,40)(H,37,41)(H,38,42)(H,39,43)(H,44,45). The van der Waals surface area contributed by atoms with Crippen LogP contribution in [0.25, 0.3) is 21.8 Å². The highest BCUT2D eigenvalue weighted by Gasteiger charge is 2.33. The minimum Gasteiger partial charge on any atom is -0.480 e. The van der Waals surface area contributed by atoms with Crippen LogP contribution in [0.1, 0.15) is 37.8 Å². The van der Waals surface area contributed by atoms with Gasteiger partial charge in [-0.05, 0) is 35.6 Å². The molecule has 0 aliphatic carbocycles. The normalized spacial score (nSPS) is 14.6. The summed E-state index contributed by atoms with van der Waals surface area (Å²) in [6, 6.07) is 10.1. The molecular formula is C32H39N7O6. The molecule has 0 fully saturated rings. The molecule has 10 N–H and O–H groups in total. The summed E-state index contributed by atoms with van der Waals surface area (Å²) < 4.78 is 0. The lowest BCUT2D eigenvalue weighted by molar-refractivity contribution is -0.144. The van der Waals surface area contributed by atoms with Crippen molar-refractivity contribution in [2.45, 2.75) is 63.7 Å². The molecule has 5 unspecified atom stereocenters. The summed E-state index contributed by atoms with van der Waals surface area (Å²) in [7, 11) is 0. The fourth-order valence-electron chi connectivity index (χ4n) is 5.26. The molecule has 4 amide bonds. The Morgan fingerprint density at radius 2 is 1.29 bits per heavy atom. The van der Waals surface area contributed by atoms with E-state index in [0.717, 1.165) is 32.9 Å². The van der Waals surface area contributed by atoms with E-state index < -0.39 is 66.1 Å². The average Bonchev–Trinajstić information content (AvgIpc) is 3.62. The van der Waals surface area contributed by atoms with Crippen molar-refractivity contribution >= 4 is 51.4 Å². The summed E-state index contributed by atoms with van der Waals surface area (Å²) in [6.07, 6.45) is 3.60. The van der Waals surface area contributed by atoms with Crippen LogP contribution in [-0.4, -0.2) is 68.8 Å². The fraction of sp³-hybridized carbons (Fsp3) is 0.344. The van der Waals surface area contributed by atoms with Crippen LogP contribution in [0.5, 0.6) is 0 Å². The minimum absolute atomic E-state index is 0.0247. The van der Waals surface area contributed by atoms with Crippen LogP contribution in [-0.2, 0) is 36.8 Å². The van der Waals surface area contributed by atoms with Gasteiger partial charge in [-0.15, -0.1) is 0 Å². The summed E-state index contributed by atoms with van der Waals surface area (Å²) in [5.74, 6) is -4.82. The molecule has 0 saturated heterocycles. The van der Waals surface area contributed by atoms with Crippen LogP contribution >= 0.6 is 0 Å². The van der Waals surface area contributed by atoms with Gasteiger partial charge in [-0.3, -0.25) is 19.2 Å². The largest absolute Gasteiger partial charge is 0.480 e. The number of amides is 4. The minimum atomic E-state index is -1.48. The molecule has 45 heavy (non-hydrogen) atoms. The van der Waals surface area contributed by atoms with E-state index in [-0.39, 0.29) is 12.8 Å². The second kappa shape index (κ2) is 14.5. The molecule has 13 nitrogen and oxygen atoms in total. The third-order valence-electron chi connectivity index (χ3n) is 8.00. The maximum absolute atomic E-state index is 13.7. The molecule has 2 aromatic carbocycles. The summed E-state index contributed by atoms with van der Waals surface area (Å²) in [4.78, 5) is 70.2. The molecule has 5 atom stereocenters. The molecule has 0 radical (unpaired) electrons. The zero-order valence-electron chi connectivity index (χ0n) is 25.1. The van der Waals surface area contributed by atoms with E-state index in [2.05, 4.69) is 25.9 Å². The van der Waals surface area contributed by atoms with Gasteiger partial charge in [0.25, 0.3) is 0 Å². The van der Waals surface area contributed by atoms with E-state index in [4.69, 9.17) is 11.5 Å². The van der Waals surface area contributed by atoms with Crippen molar-refractivity contribution in [2.24, 2.45) is 17.4 Å². The third kappa shape index (κ3) is 8.06. The van der Waals surface area contributed by atoms with Gasteiger partial charge in [0.2, 0.25) is 23.6 Å². The Morgan fingerprint density at radius 1 is 0.778 bits per heavy atom. The third-order valence-corrected chi connectivity index (χ3v) is 8.00. The van der Waals surface area contributed by atoms with Crippen molar-refractivity contribution in [3.8, 4) is 0 Å². The smallest absolute Gasteiger partial charge is 0.326 e. The number of nitrogens with one attached hydrogen (secondary N) is 5. The van der Waals surface area contributed by atoms with Crippen LogP contribution in [0.2, 0.25) is 0 Å². The first-order chi connectivity index (χ1) is 21.5. The number of para-hydroxylation sites is 2. The first-order valence-corrected chi connectivity index (χ1v) is 14.8. The predicted molar refractivity (Wildman–Crippen MR) is 169 cm³/mol. The van der Waals surface area contributed by atoms with Gasteiger partial charge in [0, 0.05) is 40.6 Å². The summed E-state index contributed by atoms with van der Waals surface area (Å²) in [5, 5.41) is 19.0. The number of carboxylic acid groups (broad SMARTS) is 1. The summed E-state index contributed by atoms with van der Waals surface area (Å²) >= 11 is 0. The SMILES string of the molecule is CCC(C)C(NC(=O)C(CC(N)=O)NC(=O)C(Cc1c[nH]c2ccccc12)NC(=O)C(N)Cc1c[nH]c2ccccc12)C(=O)O. The zero-order chi connectivity index (χ0) is 32.7. The van der Waals surface area contributed by atoms with Crippen molar-refractivity contribution < 1.29 is 29.1 Å². The molecular weight excluding hydrogens is 578 g/mol. The number of hydrogen-bond donors (Lipinski definition) is 8. The Bertz CT molecular complexity index is 1700. The first-order valence-electron chi connectivity index (χ1n) is 14.8. The van der Waals surface area contributed by atoms with E-state index >= 15 is 0 Å². The van der Waals surface area contributed by atoms with Crippen molar-refractivity contribution in [3.05, 3.63) is 72.1 Å². The van der Waals surface area contributed by atoms with Gasteiger partial charge < -0.3 is 42.5 Å². The number of fused-ring (bicyclic) bond motifs is 2. The van der Waals surface area contributed by atoms with Crippen molar-refractivity contribution in [2.75, 3.05) is 0 Å². The van der Waals surface area contributed by atoms with Crippen LogP contribution in [0, 0.1) is 5.92 Å². The molecule has 13 heteroatoms. The summed E-state index contributed by atoms with van der Waals surface area (Å²) in [6.45, 7) is 3.43. The number of carboxylic acids is 1. The van der Waals surface area contributed by atoms with Gasteiger partial charge in [0.15, 0.2) is 0 Å². The summed E-state index contributed by atoms with van der Waals surface area (Å²) in [5.41, 5.74) is 15.0. The number of aromatic amines is 2. The quantitative estimate of drug-likeness (QED) is 0.0972. The van der Waals surface area contributed by atoms with E-state index in [9.17, 15) is 29.1 Å².